The molecule has 1 heterocycles. The largest absolute Gasteiger partial charge is 0.339 e. The van der Waals surface area contributed by atoms with E-state index in [1.807, 2.05) is 11.9 Å². The molecule has 22 heavy (non-hydrogen) atoms. The average Bonchev–Trinajstić information content (AvgIpc) is 2.53. The van der Waals surface area contributed by atoms with E-state index in [4.69, 9.17) is 0 Å². The molecule has 0 aromatic heterocycles. The topological polar surface area (TPSA) is 61.4 Å². The molecule has 0 bridgehead atoms. The molecule has 1 aromatic rings. The van der Waals surface area contributed by atoms with Crippen LogP contribution in [0.15, 0.2) is 24.3 Å². The Bertz CT molecular complexity index is 505. The third-order valence-electron chi connectivity index (χ3n) is 4.16. The zero-order chi connectivity index (χ0) is 15.9. The van der Waals surface area contributed by atoms with Crippen LogP contribution >= 0.6 is 0 Å². The van der Waals surface area contributed by atoms with Crippen molar-refractivity contribution in [2.75, 3.05) is 32.0 Å². The molecule has 0 spiro atoms. The van der Waals surface area contributed by atoms with E-state index >= 15 is 0 Å². The number of hydrogen-bond donors (Lipinski definition) is 2. The monoisotopic (exact) mass is 303 g/mol. The Labute approximate surface area is 132 Å². The highest BCUT2D eigenvalue weighted by Crippen LogP contribution is 2.22. The smallest absolute Gasteiger partial charge is 0.253 e. The minimum atomic E-state index is -0.109. The number of likely N-dealkylation sites (tertiary alicyclic amines) is 1. The van der Waals surface area contributed by atoms with Gasteiger partial charge in [-0.15, -0.1) is 0 Å². The predicted molar refractivity (Wildman–Crippen MR) is 87.9 cm³/mol. The number of nitrogens with one attached hydrogen (secondary N) is 2. The van der Waals surface area contributed by atoms with Gasteiger partial charge in [-0.05, 0) is 63.0 Å². The lowest BCUT2D eigenvalue weighted by Crippen LogP contribution is -2.38. The van der Waals surface area contributed by atoms with Crippen LogP contribution in [0.3, 0.4) is 0 Å². The Morgan fingerprint density at radius 3 is 2.36 bits per heavy atom. The van der Waals surface area contributed by atoms with Crippen molar-refractivity contribution >= 4 is 17.5 Å². The first-order chi connectivity index (χ1) is 10.6. The Balaban J connectivity index is 1.88. The van der Waals surface area contributed by atoms with Crippen molar-refractivity contribution in [1.82, 2.24) is 10.2 Å². The van der Waals surface area contributed by atoms with Crippen molar-refractivity contribution in [2.24, 2.45) is 5.92 Å². The normalized spacial score (nSPS) is 15.6. The molecule has 1 aliphatic heterocycles. The summed E-state index contributed by atoms with van der Waals surface area (Å²) in [4.78, 5) is 25.4. The summed E-state index contributed by atoms with van der Waals surface area (Å²) in [6, 6.07) is 7.10. The quantitative estimate of drug-likeness (QED) is 0.876. The lowest BCUT2D eigenvalue weighted by molar-refractivity contribution is -0.114. The van der Waals surface area contributed by atoms with Crippen molar-refractivity contribution < 1.29 is 9.59 Å². The number of rotatable bonds is 5. The summed E-state index contributed by atoms with van der Waals surface area (Å²) in [5.41, 5.74) is 1.40. The molecule has 0 radical (unpaired) electrons. The lowest BCUT2D eigenvalue weighted by Gasteiger charge is -2.32. The molecule has 2 rings (SSSR count). The second-order valence-electron chi connectivity index (χ2n) is 5.89. The van der Waals surface area contributed by atoms with E-state index in [0.717, 1.165) is 44.1 Å². The Kier molecular flexibility index (Phi) is 5.95. The summed E-state index contributed by atoms with van der Waals surface area (Å²) in [5.74, 6) is 0.697. The van der Waals surface area contributed by atoms with Crippen molar-refractivity contribution in [2.45, 2.75) is 26.2 Å². The van der Waals surface area contributed by atoms with Crippen molar-refractivity contribution in [3.05, 3.63) is 29.8 Å². The highest BCUT2D eigenvalue weighted by molar-refractivity contribution is 5.95. The Hall–Kier alpha value is -1.88. The number of carbonyl (C=O) groups excluding carboxylic acids is 2. The molecule has 0 aliphatic carbocycles. The van der Waals surface area contributed by atoms with Gasteiger partial charge in [0.05, 0.1) is 0 Å². The fourth-order valence-corrected chi connectivity index (χ4v) is 2.86. The summed E-state index contributed by atoms with van der Waals surface area (Å²) in [6.07, 6.45) is 3.35. The molecule has 1 saturated heterocycles. The number of hydrogen-bond acceptors (Lipinski definition) is 3. The molecule has 1 aromatic carbocycles. The maximum atomic E-state index is 12.5. The van der Waals surface area contributed by atoms with Crippen LogP contribution in [0, 0.1) is 5.92 Å². The third-order valence-corrected chi connectivity index (χ3v) is 4.16. The number of anilines is 1. The average molecular weight is 303 g/mol. The molecule has 0 atom stereocenters. The number of nitrogens with zero attached hydrogens (tertiary/aromatic N) is 1. The van der Waals surface area contributed by atoms with E-state index in [0.29, 0.717) is 5.56 Å². The van der Waals surface area contributed by atoms with Gasteiger partial charge in [-0.1, -0.05) is 0 Å². The van der Waals surface area contributed by atoms with Crippen LogP contribution in [0.2, 0.25) is 0 Å². The van der Waals surface area contributed by atoms with E-state index in [-0.39, 0.29) is 11.8 Å². The molecule has 1 aliphatic rings. The predicted octanol–water partition coefficient (Wildman–Crippen LogP) is 2.11. The number of benzene rings is 1. The van der Waals surface area contributed by atoms with Gasteiger partial charge >= 0.3 is 0 Å². The third kappa shape index (κ3) is 4.56. The maximum Gasteiger partial charge on any atom is 0.253 e. The molecule has 1 fully saturated rings. The van der Waals surface area contributed by atoms with E-state index in [1.54, 1.807) is 24.3 Å². The van der Waals surface area contributed by atoms with Crippen LogP contribution in [-0.4, -0.2) is 43.4 Å². The molecule has 0 unspecified atom stereocenters. The van der Waals surface area contributed by atoms with Crippen LogP contribution in [-0.2, 0) is 4.79 Å². The van der Waals surface area contributed by atoms with Gasteiger partial charge in [-0.2, -0.15) is 0 Å². The minimum absolute atomic E-state index is 0.0847. The summed E-state index contributed by atoms with van der Waals surface area (Å²) < 4.78 is 0. The SMILES string of the molecule is CNCCC1CCN(C(=O)c2ccc(NC(C)=O)cc2)CC1. The first-order valence-electron chi connectivity index (χ1n) is 7.91. The molecule has 120 valence electrons. The van der Waals surface area contributed by atoms with Crippen LogP contribution in [0.5, 0.6) is 0 Å². The first kappa shape index (κ1) is 16.5. The van der Waals surface area contributed by atoms with Crippen LogP contribution in [0.4, 0.5) is 5.69 Å². The fraction of sp³-hybridized carbons (Fsp3) is 0.529. The zero-order valence-electron chi connectivity index (χ0n) is 13.4. The van der Waals surface area contributed by atoms with Gasteiger partial charge in [0.25, 0.3) is 5.91 Å². The Morgan fingerprint density at radius 2 is 1.82 bits per heavy atom. The van der Waals surface area contributed by atoms with Crippen LogP contribution < -0.4 is 10.6 Å². The van der Waals surface area contributed by atoms with Gasteiger partial charge < -0.3 is 15.5 Å². The van der Waals surface area contributed by atoms with E-state index in [2.05, 4.69) is 10.6 Å². The van der Waals surface area contributed by atoms with Crippen molar-refractivity contribution in [3.8, 4) is 0 Å². The van der Waals surface area contributed by atoms with E-state index in [9.17, 15) is 9.59 Å². The van der Waals surface area contributed by atoms with Crippen molar-refractivity contribution in [1.29, 1.82) is 0 Å². The summed E-state index contributed by atoms with van der Waals surface area (Å²) in [5, 5.41) is 5.89. The molecule has 2 amide bonds. The molecule has 5 heteroatoms. The summed E-state index contributed by atoms with van der Waals surface area (Å²) in [6.45, 7) is 4.18. The highest BCUT2D eigenvalue weighted by atomic mass is 16.2. The first-order valence-corrected chi connectivity index (χ1v) is 7.91. The number of piperidine rings is 1. The zero-order valence-corrected chi connectivity index (χ0v) is 13.4. The van der Waals surface area contributed by atoms with E-state index in [1.165, 1.54) is 13.3 Å². The molecule has 2 N–H and O–H groups in total. The second kappa shape index (κ2) is 7.94. The van der Waals surface area contributed by atoms with Gasteiger partial charge in [-0.25, -0.2) is 0 Å². The number of amides is 2. The van der Waals surface area contributed by atoms with E-state index < -0.39 is 0 Å². The molecule has 0 saturated carbocycles. The van der Waals surface area contributed by atoms with Gasteiger partial charge in [0, 0.05) is 31.3 Å². The second-order valence-corrected chi connectivity index (χ2v) is 5.89. The van der Waals surface area contributed by atoms with Crippen LogP contribution in [0.25, 0.3) is 0 Å². The number of carbonyl (C=O) groups is 2. The fourth-order valence-electron chi connectivity index (χ4n) is 2.86. The van der Waals surface area contributed by atoms with Gasteiger partial charge in [-0.3, -0.25) is 9.59 Å². The maximum absolute atomic E-state index is 12.5. The molecule has 5 nitrogen and oxygen atoms in total. The lowest BCUT2D eigenvalue weighted by atomic mass is 9.93. The molecular formula is C17H25N3O2. The molecular weight excluding hydrogens is 278 g/mol. The summed E-state index contributed by atoms with van der Waals surface area (Å²) in [7, 11) is 1.98. The standard InChI is InChI=1S/C17H25N3O2/c1-13(21)19-16-5-3-15(4-6-16)17(22)20-11-8-14(9-12-20)7-10-18-2/h3-6,14,18H,7-12H2,1-2H3,(H,19,21). The van der Waals surface area contributed by atoms with Crippen molar-refractivity contribution in [3.63, 3.8) is 0 Å². The van der Waals surface area contributed by atoms with Gasteiger partial charge in [0.2, 0.25) is 5.91 Å². The summed E-state index contributed by atoms with van der Waals surface area (Å²) >= 11 is 0. The van der Waals surface area contributed by atoms with Gasteiger partial charge in [0.1, 0.15) is 0 Å². The minimum Gasteiger partial charge on any atom is -0.339 e. The Morgan fingerprint density at radius 1 is 1.18 bits per heavy atom. The van der Waals surface area contributed by atoms with Gasteiger partial charge in [0.15, 0.2) is 0 Å². The highest BCUT2D eigenvalue weighted by Gasteiger charge is 2.23. The van der Waals surface area contributed by atoms with Crippen LogP contribution in [0.1, 0.15) is 36.5 Å².